The normalized spacial score (nSPS) is 22.5. The molecule has 2 aromatic rings. The Labute approximate surface area is 148 Å². The van der Waals surface area contributed by atoms with Gasteiger partial charge in [-0.15, -0.1) is 6.58 Å². The second-order valence-corrected chi connectivity index (χ2v) is 6.95. The predicted molar refractivity (Wildman–Crippen MR) is 98.7 cm³/mol. The molecule has 0 saturated carbocycles. The molecule has 1 saturated heterocycles. The van der Waals surface area contributed by atoms with Crippen molar-refractivity contribution in [2.45, 2.75) is 5.72 Å². The smallest absolute Gasteiger partial charge is 0.175 e. The molecule has 0 bridgehead atoms. The average molecular weight is 390 g/mol. The van der Waals surface area contributed by atoms with E-state index in [-0.39, 0.29) is 0 Å². The Kier molecular flexibility index (Phi) is 4.84. The molecule has 0 aliphatic carbocycles. The van der Waals surface area contributed by atoms with Crippen molar-refractivity contribution in [1.82, 2.24) is 9.88 Å². The predicted octanol–water partition coefficient (Wildman–Crippen LogP) is 3.91. The number of hydrogen-bond acceptors (Lipinski definition) is 4. The number of aliphatic imine (C=N–C) groups is 1. The van der Waals surface area contributed by atoms with Crippen LogP contribution in [0.5, 0.6) is 0 Å². The molecule has 6 heteroatoms. The summed E-state index contributed by atoms with van der Waals surface area (Å²) in [5, 5.41) is 12.0. The molecule has 1 N–H and O–H groups in total. The van der Waals surface area contributed by atoms with Crippen LogP contribution < -0.4 is 0 Å². The highest BCUT2D eigenvalue weighted by Crippen LogP contribution is 2.39. The summed E-state index contributed by atoms with van der Waals surface area (Å²) in [6, 6.07) is 13.3. The molecule has 1 aliphatic rings. The van der Waals surface area contributed by atoms with Crippen molar-refractivity contribution >= 4 is 38.7 Å². The minimum atomic E-state index is -1.10. The van der Waals surface area contributed by atoms with Gasteiger partial charge in [0.15, 0.2) is 16.7 Å². The largest absolute Gasteiger partial charge is 0.366 e. The first-order chi connectivity index (χ1) is 11.1. The zero-order valence-electron chi connectivity index (χ0n) is 12.4. The van der Waals surface area contributed by atoms with Crippen LogP contribution in [-0.4, -0.2) is 32.5 Å². The topological polar surface area (TPSA) is 48.7 Å². The van der Waals surface area contributed by atoms with Crippen LogP contribution >= 0.6 is 27.7 Å². The number of amidine groups is 1. The Morgan fingerprint density at radius 1 is 1.35 bits per heavy atom. The van der Waals surface area contributed by atoms with E-state index in [1.165, 1.54) is 11.8 Å². The standard InChI is InChI=1S/C17H16BrN3OS/c1-2-11-21-16(20-15-5-3-4-10-19-15)23-12-17(21,22)13-6-8-14(18)9-7-13/h2-10,22H,1,11-12H2. The van der Waals surface area contributed by atoms with E-state index < -0.39 is 5.72 Å². The molecule has 1 fully saturated rings. The lowest BCUT2D eigenvalue weighted by molar-refractivity contribution is -0.0422. The molecule has 1 atom stereocenters. The first-order valence-corrected chi connectivity index (χ1v) is 8.91. The molecule has 0 spiro atoms. The van der Waals surface area contributed by atoms with E-state index in [1.807, 2.05) is 47.4 Å². The Hall–Kier alpha value is -1.63. The monoisotopic (exact) mass is 389 g/mol. The van der Waals surface area contributed by atoms with Gasteiger partial charge in [-0.1, -0.05) is 52.0 Å². The maximum absolute atomic E-state index is 11.2. The fourth-order valence-corrected chi connectivity index (χ4v) is 3.86. The molecule has 2 heterocycles. The Balaban J connectivity index is 1.97. The van der Waals surface area contributed by atoms with Gasteiger partial charge in [0, 0.05) is 22.8 Å². The van der Waals surface area contributed by atoms with Crippen molar-refractivity contribution in [1.29, 1.82) is 0 Å². The average Bonchev–Trinajstić information content (AvgIpc) is 2.87. The van der Waals surface area contributed by atoms with Gasteiger partial charge < -0.3 is 10.0 Å². The SMILES string of the molecule is C=CCN1C(=Nc2ccccn2)SCC1(O)c1ccc(Br)cc1. The van der Waals surface area contributed by atoms with Gasteiger partial charge in [0.2, 0.25) is 0 Å². The van der Waals surface area contributed by atoms with Crippen LogP contribution in [0, 0.1) is 0 Å². The third-order valence-corrected chi connectivity index (χ3v) is 5.20. The van der Waals surface area contributed by atoms with Gasteiger partial charge in [0.25, 0.3) is 0 Å². The fraction of sp³-hybridized carbons (Fsp3) is 0.176. The van der Waals surface area contributed by atoms with Crippen molar-refractivity contribution < 1.29 is 5.11 Å². The summed E-state index contributed by atoms with van der Waals surface area (Å²) in [5.74, 6) is 1.14. The summed E-state index contributed by atoms with van der Waals surface area (Å²) in [5.41, 5.74) is -0.269. The van der Waals surface area contributed by atoms with Crippen molar-refractivity contribution in [3.63, 3.8) is 0 Å². The lowest BCUT2D eigenvalue weighted by Crippen LogP contribution is -2.45. The second kappa shape index (κ2) is 6.86. The highest BCUT2D eigenvalue weighted by molar-refractivity contribution is 9.10. The molecule has 1 aromatic carbocycles. The second-order valence-electron chi connectivity index (χ2n) is 5.09. The first-order valence-electron chi connectivity index (χ1n) is 7.13. The number of benzene rings is 1. The van der Waals surface area contributed by atoms with E-state index in [4.69, 9.17) is 0 Å². The molecule has 1 aromatic heterocycles. The van der Waals surface area contributed by atoms with Crippen molar-refractivity contribution in [3.8, 4) is 0 Å². The zero-order valence-corrected chi connectivity index (χ0v) is 14.8. The molecule has 23 heavy (non-hydrogen) atoms. The van der Waals surface area contributed by atoms with Crippen molar-refractivity contribution in [2.24, 2.45) is 4.99 Å². The van der Waals surface area contributed by atoms with E-state index in [0.29, 0.717) is 18.1 Å². The number of aromatic nitrogens is 1. The summed E-state index contributed by atoms with van der Waals surface area (Å²) >= 11 is 4.94. The molecule has 1 unspecified atom stereocenters. The molecular formula is C17H16BrN3OS. The maximum Gasteiger partial charge on any atom is 0.175 e. The highest BCUT2D eigenvalue weighted by atomic mass is 79.9. The molecule has 0 radical (unpaired) electrons. The van der Waals surface area contributed by atoms with Gasteiger partial charge in [-0.2, -0.15) is 0 Å². The number of aliphatic hydroxyl groups is 1. The van der Waals surface area contributed by atoms with Gasteiger partial charge in [0.05, 0.1) is 5.75 Å². The van der Waals surface area contributed by atoms with Crippen LogP contribution in [-0.2, 0) is 5.72 Å². The van der Waals surface area contributed by atoms with Gasteiger partial charge in [0.1, 0.15) is 0 Å². The van der Waals surface area contributed by atoms with Crippen LogP contribution in [0.15, 0.2) is 70.8 Å². The van der Waals surface area contributed by atoms with Crippen LogP contribution in [0.4, 0.5) is 5.82 Å². The quantitative estimate of drug-likeness (QED) is 0.805. The molecule has 3 rings (SSSR count). The van der Waals surface area contributed by atoms with E-state index in [0.717, 1.165) is 15.2 Å². The van der Waals surface area contributed by atoms with Crippen LogP contribution in [0.1, 0.15) is 5.56 Å². The maximum atomic E-state index is 11.2. The van der Waals surface area contributed by atoms with Crippen molar-refractivity contribution in [2.75, 3.05) is 12.3 Å². The third-order valence-electron chi connectivity index (χ3n) is 3.56. The lowest BCUT2D eigenvalue weighted by atomic mass is 10.0. The molecule has 0 amide bonds. The zero-order chi connectivity index (χ0) is 16.3. The summed E-state index contributed by atoms with van der Waals surface area (Å²) < 4.78 is 0.980. The Morgan fingerprint density at radius 2 is 2.13 bits per heavy atom. The molecule has 4 nitrogen and oxygen atoms in total. The highest BCUT2D eigenvalue weighted by Gasteiger charge is 2.44. The molecular weight excluding hydrogens is 374 g/mol. The molecule has 1 aliphatic heterocycles. The minimum Gasteiger partial charge on any atom is -0.366 e. The van der Waals surface area contributed by atoms with Crippen LogP contribution in [0.3, 0.4) is 0 Å². The summed E-state index contributed by atoms with van der Waals surface area (Å²) in [6.07, 6.45) is 3.47. The van der Waals surface area contributed by atoms with E-state index >= 15 is 0 Å². The third kappa shape index (κ3) is 3.34. The van der Waals surface area contributed by atoms with E-state index in [9.17, 15) is 5.11 Å². The Morgan fingerprint density at radius 3 is 2.78 bits per heavy atom. The molecule has 118 valence electrons. The number of halogens is 1. The van der Waals surface area contributed by atoms with Crippen molar-refractivity contribution in [3.05, 3.63) is 71.4 Å². The first kappa shape index (κ1) is 16.2. The van der Waals surface area contributed by atoms with Crippen LogP contribution in [0.25, 0.3) is 0 Å². The number of pyridine rings is 1. The summed E-state index contributed by atoms with van der Waals surface area (Å²) in [7, 11) is 0. The minimum absolute atomic E-state index is 0.505. The number of nitrogens with zero attached hydrogens (tertiary/aromatic N) is 3. The van der Waals surface area contributed by atoms with Gasteiger partial charge in [-0.25, -0.2) is 9.98 Å². The number of thioether (sulfide) groups is 1. The van der Waals surface area contributed by atoms with Gasteiger partial charge in [-0.05, 0) is 24.3 Å². The van der Waals surface area contributed by atoms with E-state index in [2.05, 4.69) is 32.5 Å². The van der Waals surface area contributed by atoms with Gasteiger partial charge in [-0.3, -0.25) is 0 Å². The Bertz CT molecular complexity index is 720. The number of hydrogen-bond donors (Lipinski definition) is 1. The van der Waals surface area contributed by atoms with Gasteiger partial charge >= 0.3 is 0 Å². The number of rotatable bonds is 4. The van der Waals surface area contributed by atoms with E-state index in [1.54, 1.807) is 12.3 Å². The summed E-state index contributed by atoms with van der Waals surface area (Å²) in [6.45, 7) is 4.30. The summed E-state index contributed by atoms with van der Waals surface area (Å²) in [4.78, 5) is 10.7. The lowest BCUT2D eigenvalue weighted by Gasteiger charge is -2.33. The van der Waals surface area contributed by atoms with Crippen LogP contribution in [0.2, 0.25) is 0 Å². The fourth-order valence-electron chi connectivity index (χ4n) is 2.40.